The fourth-order valence-corrected chi connectivity index (χ4v) is 1.58. The molecule has 0 saturated carbocycles. The summed E-state index contributed by atoms with van der Waals surface area (Å²) in [5, 5.41) is 9.54. The number of aldehydes is 1. The van der Waals surface area contributed by atoms with Crippen LogP contribution in [0.15, 0.2) is 10.5 Å². The first-order valence-corrected chi connectivity index (χ1v) is 4.49. The molecule has 0 aliphatic carbocycles. The first-order valence-electron chi connectivity index (χ1n) is 3.32. The fraction of sp³-hybridized carbons (Fsp3) is 0.125. The molecule has 5 heteroatoms. The molecule has 0 bridgehead atoms. The van der Waals surface area contributed by atoms with E-state index in [1.165, 1.54) is 13.2 Å². The third-order valence-corrected chi connectivity index (χ3v) is 2.50. The van der Waals surface area contributed by atoms with E-state index in [0.29, 0.717) is 10.8 Å². The van der Waals surface area contributed by atoms with Crippen molar-refractivity contribution in [3.8, 4) is 11.5 Å². The SMILES string of the molecule is COc1c(O)c(Br)cc(C=O)c1Cl. The number of rotatable bonds is 2. The Hall–Kier alpha value is -0.740. The second-order valence-corrected chi connectivity index (χ2v) is 3.49. The van der Waals surface area contributed by atoms with E-state index < -0.39 is 0 Å². The molecular weight excluding hydrogens is 259 g/mol. The van der Waals surface area contributed by atoms with Crippen molar-refractivity contribution in [2.45, 2.75) is 0 Å². The van der Waals surface area contributed by atoms with Crippen molar-refractivity contribution >= 4 is 33.8 Å². The quantitative estimate of drug-likeness (QED) is 0.836. The summed E-state index contributed by atoms with van der Waals surface area (Å²) in [6.45, 7) is 0. The summed E-state index contributed by atoms with van der Waals surface area (Å²) in [7, 11) is 1.36. The number of carbonyl (C=O) groups is 1. The molecule has 0 aromatic heterocycles. The van der Waals surface area contributed by atoms with E-state index in [-0.39, 0.29) is 22.1 Å². The van der Waals surface area contributed by atoms with Gasteiger partial charge in [-0.3, -0.25) is 4.79 Å². The number of hydrogen-bond donors (Lipinski definition) is 1. The summed E-state index contributed by atoms with van der Waals surface area (Å²) in [5.74, 6) is -0.0174. The molecule has 0 atom stereocenters. The molecule has 0 aliphatic rings. The lowest BCUT2D eigenvalue weighted by molar-refractivity contribution is 0.112. The first-order chi connectivity index (χ1) is 6.11. The van der Waals surface area contributed by atoms with Gasteiger partial charge in [-0.05, 0) is 22.0 Å². The zero-order valence-corrected chi connectivity index (χ0v) is 9.02. The van der Waals surface area contributed by atoms with Crippen molar-refractivity contribution in [3.63, 3.8) is 0 Å². The first kappa shape index (κ1) is 10.3. The Kier molecular flexibility index (Phi) is 3.17. The van der Waals surface area contributed by atoms with Gasteiger partial charge >= 0.3 is 0 Å². The maximum absolute atomic E-state index is 10.5. The van der Waals surface area contributed by atoms with Crippen LogP contribution in [0.3, 0.4) is 0 Å². The number of carbonyl (C=O) groups excluding carboxylic acids is 1. The number of methoxy groups -OCH3 is 1. The summed E-state index contributed by atoms with van der Waals surface area (Å²) < 4.78 is 5.20. The van der Waals surface area contributed by atoms with Crippen LogP contribution in [0.25, 0.3) is 0 Å². The molecule has 13 heavy (non-hydrogen) atoms. The standard InChI is InChI=1S/C8H6BrClO3/c1-13-8-6(10)4(3-11)2-5(9)7(8)12/h2-3,12H,1H3. The van der Waals surface area contributed by atoms with Crippen LogP contribution in [-0.2, 0) is 0 Å². The fourth-order valence-electron chi connectivity index (χ4n) is 0.884. The monoisotopic (exact) mass is 264 g/mol. The number of phenols is 1. The summed E-state index contributed by atoms with van der Waals surface area (Å²) >= 11 is 8.81. The molecule has 3 nitrogen and oxygen atoms in total. The Labute approximate surface area is 88.4 Å². The van der Waals surface area contributed by atoms with Crippen LogP contribution in [0.1, 0.15) is 10.4 Å². The van der Waals surface area contributed by atoms with E-state index >= 15 is 0 Å². The van der Waals surface area contributed by atoms with E-state index in [1.54, 1.807) is 0 Å². The zero-order valence-electron chi connectivity index (χ0n) is 6.67. The van der Waals surface area contributed by atoms with Gasteiger partial charge in [-0.1, -0.05) is 11.6 Å². The van der Waals surface area contributed by atoms with Crippen molar-refractivity contribution in [2.24, 2.45) is 0 Å². The normalized spacial score (nSPS) is 9.77. The van der Waals surface area contributed by atoms with Crippen LogP contribution < -0.4 is 4.74 Å². The average molecular weight is 265 g/mol. The van der Waals surface area contributed by atoms with Crippen molar-refractivity contribution in [2.75, 3.05) is 7.11 Å². The Morgan fingerprint density at radius 3 is 2.77 bits per heavy atom. The lowest BCUT2D eigenvalue weighted by Crippen LogP contribution is -1.90. The van der Waals surface area contributed by atoms with Gasteiger partial charge in [-0.15, -0.1) is 0 Å². The molecule has 0 saturated heterocycles. The highest BCUT2D eigenvalue weighted by Gasteiger charge is 2.14. The Morgan fingerprint density at radius 2 is 2.31 bits per heavy atom. The molecule has 0 amide bonds. The number of phenolic OH excluding ortho intramolecular Hbond substituents is 1. The molecule has 0 radical (unpaired) electrons. The van der Waals surface area contributed by atoms with E-state index in [1.807, 2.05) is 0 Å². The summed E-state index contributed by atoms with van der Waals surface area (Å²) in [5.41, 5.74) is 0.267. The van der Waals surface area contributed by atoms with Crippen molar-refractivity contribution in [1.82, 2.24) is 0 Å². The van der Waals surface area contributed by atoms with Crippen LogP contribution in [0.2, 0.25) is 5.02 Å². The van der Waals surface area contributed by atoms with E-state index in [0.717, 1.165) is 0 Å². The summed E-state index contributed by atoms with van der Waals surface area (Å²) in [6.07, 6.45) is 0.592. The summed E-state index contributed by atoms with van der Waals surface area (Å²) in [6, 6.07) is 1.42. The van der Waals surface area contributed by atoms with Gasteiger partial charge in [-0.2, -0.15) is 0 Å². The smallest absolute Gasteiger partial charge is 0.181 e. The maximum atomic E-state index is 10.5. The molecule has 0 unspecified atom stereocenters. The van der Waals surface area contributed by atoms with Crippen LogP contribution in [-0.4, -0.2) is 18.5 Å². The average Bonchev–Trinajstić information content (AvgIpc) is 2.12. The summed E-state index contributed by atoms with van der Waals surface area (Å²) in [4.78, 5) is 10.5. The molecule has 0 fully saturated rings. The Balaban J connectivity index is 3.47. The second-order valence-electron chi connectivity index (χ2n) is 2.26. The molecule has 1 N–H and O–H groups in total. The van der Waals surface area contributed by atoms with Crippen molar-refractivity contribution in [1.29, 1.82) is 0 Å². The molecular formula is C8H6BrClO3. The highest BCUT2D eigenvalue weighted by atomic mass is 79.9. The topological polar surface area (TPSA) is 46.5 Å². The number of halogens is 2. The molecule has 70 valence electrons. The van der Waals surface area contributed by atoms with Gasteiger partial charge < -0.3 is 9.84 Å². The Bertz CT molecular complexity index is 352. The lowest BCUT2D eigenvalue weighted by Gasteiger charge is -2.08. The molecule has 1 aromatic carbocycles. The van der Waals surface area contributed by atoms with Crippen LogP contribution in [0.4, 0.5) is 0 Å². The highest BCUT2D eigenvalue weighted by molar-refractivity contribution is 9.10. The van der Waals surface area contributed by atoms with Crippen LogP contribution >= 0.6 is 27.5 Å². The number of ether oxygens (including phenoxy) is 1. The van der Waals surface area contributed by atoms with Crippen molar-refractivity contribution in [3.05, 3.63) is 21.1 Å². The molecule has 1 aromatic rings. The third-order valence-electron chi connectivity index (χ3n) is 1.51. The van der Waals surface area contributed by atoms with Gasteiger partial charge in [0.05, 0.1) is 16.6 Å². The minimum atomic E-state index is -0.113. The minimum Gasteiger partial charge on any atom is -0.503 e. The number of aromatic hydroxyl groups is 1. The van der Waals surface area contributed by atoms with E-state index in [9.17, 15) is 9.90 Å². The molecule has 0 aliphatic heterocycles. The molecule has 1 rings (SSSR count). The zero-order chi connectivity index (χ0) is 10.0. The third kappa shape index (κ3) is 1.78. The van der Waals surface area contributed by atoms with Gasteiger partial charge in [0.25, 0.3) is 0 Å². The minimum absolute atomic E-state index is 0.0955. The van der Waals surface area contributed by atoms with Crippen LogP contribution in [0.5, 0.6) is 11.5 Å². The van der Waals surface area contributed by atoms with Crippen molar-refractivity contribution < 1.29 is 14.6 Å². The van der Waals surface area contributed by atoms with Gasteiger partial charge in [0.15, 0.2) is 17.8 Å². The predicted molar refractivity (Wildman–Crippen MR) is 52.8 cm³/mol. The van der Waals surface area contributed by atoms with Gasteiger partial charge in [0, 0.05) is 5.56 Å². The van der Waals surface area contributed by atoms with Gasteiger partial charge in [0.2, 0.25) is 0 Å². The number of hydrogen-bond acceptors (Lipinski definition) is 3. The van der Waals surface area contributed by atoms with E-state index in [4.69, 9.17) is 16.3 Å². The van der Waals surface area contributed by atoms with Gasteiger partial charge in [0.1, 0.15) is 0 Å². The molecule has 0 spiro atoms. The molecule has 0 heterocycles. The van der Waals surface area contributed by atoms with Gasteiger partial charge in [-0.25, -0.2) is 0 Å². The lowest BCUT2D eigenvalue weighted by atomic mass is 10.2. The second kappa shape index (κ2) is 3.98. The number of benzene rings is 1. The largest absolute Gasteiger partial charge is 0.503 e. The van der Waals surface area contributed by atoms with E-state index in [2.05, 4.69) is 15.9 Å². The maximum Gasteiger partial charge on any atom is 0.181 e. The van der Waals surface area contributed by atoms with Crippen LogP contribution in [0, 0.1) is 0 Å². The highest BCUT2D eigenvalue weighted by Crippen LogP contribution is 2.41. The Morgan fingerprint density at radius 1 is 1.69 bits per heavy atom. The predicted octanol–water partition coefficient (Wildman–Crippen LogP) is 2.63.